The second-order valence-corrected chi connectivity index (χ2v) is 11.0. The van der Waals surface area contributed by atoms with Crippen LogP contribution < -0.4 is 0 Å². The van der Waals surface area contributed by atoms with E-state index in [4.69, 9.17) is 11.3 Å². The number of benzene rings is 1. The van der Waals surface area contributed by atoms with Gasteiger partial charge in [-0.05, 0) is 0 Å². The molecule has 0 aliphatic carbocycles. The van der Waals surface area contributed by atoms with Crippen molar-refractivity contribution in [2.75, 3.05) is 19.8 Å². The topological polar surface area (TPSA) is 36.9 Å². The zero-order chi connectivity index (χ0) is 19.7. The van der Waals surface area contributed by atoms with Crippen LogP contribution in [-0.2, 0) is 39.9 Å². The Morgan fingerprint density at radius 1 is 0.654 bits per heavy atom. The number of hydrogen-bond donors (Lipinski definition) is 0. The molecule has 0 atom stereocenters. The van der Waals surface area contributed by atoms with Crippen molar-refractivity contribution in [2.24, 2.45) is 0 Å². The van der Waals surface area contributed by atoms with Gasteiger partial charge < -0.3 is 0 Å². The van der Waals surface area contributed by atoms with E-state index < -0.39 is 63.0 Å². The molecule has 0 spiro atoms. The minimum atomic E-state index is -4.59. The monoisotopic (exact) mass is 460 g/mol. The molecule has 150 valence electrons. The first-order valence-electron chi connectivity index (χ1n) is 8.70. The van der Waals surface area contributed by atoms with Gasteiger partial charge in [-0.1, -0.05) is 0 Å². The SMILES string of the molecule is CCC[O][Zr]([O]CCC)([O]CCC)[O]Cc1c(F)c(F)c(C)c(F)c1F. The van der Waals surface area contributed by atoms with E-state index in [-0.39, 0.29) is 19.8 Å². The Morgan fingerprint density at radius 2 is 1.04 bits per heavy atom. The third kappa shape index (κ3) is 6.09. The van der Waals surface area contributed by atoms with Crippen molar-refractivity contribution < 1.29 is 50.8 Å². The van der Waals surface area contributed by atoms with Crippen LogP contribution in [0.3, 0.4) is 0 Å². The van der Waals surface area contributed by atoms with Gasteiger partial charge in [-0.3, -0.25) is 0 Å². The van der Waals surface area contributed by atoms with Crippen LogP contribution in [0.5, 0.6) is 0 Å². The number of rotatable bonds is 12. The Labute approximate surface area is 158 Å². The first-order chi connectivity index (χ1) is 12.3. The van der Waals surface area contributed by atoms with Crippen molar-refractivity contribution in [1.82, 2.24) is 0 Å². The summed E-state index contributed by atoms with van der Waals surface area (Å²) < 4.78 is 78.2. The maximum atomic E-state index is 14.1. The van der Waals surface area contributed by atoms with Gasteiger partial charge in [0.1, 0.15) is 0 Å². The fourth-order valence-corrected chi connectivity index (χ4v) is 7.37. The molecule has 9 heteroatoms. The number of hydrogen-bond acceptors (Lipinski definition) is 4. The first-order valence-corrected chi connectivity index (χ1v) is 12.7. The van der Waals surface area contributed by atoms with E-state index in [1.54, 1.807) is 0 Å². The summed E-state index contributed by atoms with van der Waals surface area (Å²) in [4.78, 5) is 0. The fourth-order valence-electron chi connectivity index (χ4n) is 2.01. The summed E-state index contributed by atoms with van der Waals surface area (Å²) >= 11 is -4.59. The molecule has 26 heavy (non-hydrogen) atoms. The Kier molecular flexibility index (Phi) is 10.5. The molecule has 0 aromatic heterocycles. The second-order valence-electron chi connectivity index (χ2n) is 5.69. The van der Waals surface area contributed by atoms with Gasteiger partial charge in [0, 0.05) is 0 Å². The Hall–Kier alpha value is -0.337. The predicted octanol–water partition coefficient (Wildman–Crippen LogP) is 5.16. The normalized spacial score (nSPS) is 12.0. The van der Waals surface area contributed by atoms with Crippen LogP contribution in [0.25, 0.3) is 0 Å². The van der Waals surface area contributed by atoms with Crippen LogP contribution in [0.2, 0.25) is 0 Å². The molecule has 0 bridgehead atoms. The molecule has 1 rings (SSSR count). The van der Waals surface area contributed by atoms with E-state index in [2.05, 4.69) is 0 Å². The van der Waals surface area contributed by atoms with Crippen molar-refractivity contribution >= 4 is 0 Å². The molecule has 1 aromatic rings. The molecule has 0 N–H and O–H groups in total. The Balaban J connectivity index is 3.11. The summed E-state index contributed by atoms with van der Waals surface area (Å²) in [6.07, 6.45) is 1.97. The molecule has 0 unspecified atom stereocenters. The summed E-state index contributed by atoms with van der Waals surface area (Å²) in [5.74, 6) is -5.85. The minimum absolute atomic E-state index is 0.283. The van der Waals surface area contributed by atoms with Gasteiger partial charge in [-0.25, -0.2) is 0 Å². The summed E-state index contributed by atoms with van der Waals surface area (Å²) in [6, 6.07) is 0. The Bertz CT molecular complexity index is 536. The average molecular weight is 462 g/mol. The third-order valence-electron chi connectivity index (χ3n) is 3.42. The number of halogens is 4. The van der Waals surface area contributed by atoms with Crippen LogP contribution in [0, 0.1) is 30.2 Å². The summed E-state index contributed by atoms with van der Waals surface area (Å²) in [5.41, 5.74) is -1.56. The quantitative estimate of drug-likeness (QED) is 0.318. The summed E-state index contributed by atoms with van der Waals surface area (Å²) in [7, 11) is 0. The molecule has 0 fully saturated rings. The summed E-state index contributed by atoms with van der Waals surface area (Å²) in [5, 5.41) is 0. The molecular weight excluding hydrogens is 435 g/mol. The predicted molar refractivity (Wildman–Crippen MR) is 84.5 cm³/mol. The molecule has 0 saturated carbocycles. The van der Waals surface area contributed by atoms with E-state index in [0.717, 1.165) is 6.92 Å². The van der Waals surface area contributed by atoms with E-state index in [0.29, 0.717) is 19.3 Å². The molecule has 0 aliphatic rings. The van der Waals surface area contributed by atoms with Gasteiger partial charge in [0.2, 0.25) is 0 Å². The molecule has 4 nitrogen and oxygen atoms in total. The van der Waals surface area contributed by atoms with E-state index in [9.17, 15) is 17.6 Å². The van der Waals surface area contributed by atoms with E-state index >= 15 is 0 Å². The second kappa shape index (κ2) is 11.5. The van der Waals surface area contributed by atoms with Crippen LogP contribution in [-0.4, -0.2) is 19.8 Å². The molecule has 0 radical (unpaired) electrons. The summed E-state index contributed by atoms with van der Waals surface area (Å²) in [6.45, 7) is 6.70. The van der Waals surface area contributed by atoms with Crippen molar-refractivity contribution in [1.29, 1.82) is 0 Å². The van der Waals surface area contributed by atoms with Crippen molar-refractivity contribution in [3.63, 3.8) is 0 Å². The molecular formula is C17H26F4O4Zr. The van der Waals surface area contributed by atoms with E-state index in [1.165, 1.54) is 0 Å². The van der Waals surface area contributed by atoms with Gasteiger partial charge in [-0.15, -0.1) is 0 Å². The maximum absolute atomic E-state index is 14.1. The average Bonchev–Trinajstić information content (AvgIpc) is 2.65. The third-order valence-corrected chi connectivity index (χ3v) is 8.75. The fraction of sp³-hybridized carbons (Fsp3) is 0.647. The van der Waals surface area contributed by atoms with Crippen molar-refractivity contribution in [2.45, 2.75) is 53.6 Å². The Morgan fingerprint density at radius 3 is 1.38 bits per heavy atom. The molecule has 0 heterocycles. The van der Waals surface area contributed by atoms with Crippen LogP contribution in [0.15, 0.2) is 0 Å². The van der Waals surface area contributed by atoms with Crippen LogP contribution >= 0.6 is 0 Å². The molecule has 1 aromatic carbocycles. The van der Waals surface area contributed by atoms with Crippen molar-refractivity contribution in [3.8, 4) is 0 Å². The van der Waals surface area contributed by atoms with Gasteiger partial charge in [0.05, 0.1) is 0 Å². The molecule has 0 amide bonds. The van der Waals surface area contributed by atoms with Gasteiger partial charge in [0.15, 0.2) is 0 Å². The van der Waals surface area contributed by atoms with Gasteiger partial charge in [-0.2, -0.15) is 0 Å². The molecule has 0 saturated heterocycles. The molecule has 0 aliphatic heterocycles. The van der Waals surface area contributed by atoms with E-state index in [1.807, 2.05) is 20.8 Å². The van der Waals surface area contributed by atoms with Crippen molar-refractivity contribution in [3.05, 3.63) is 34.4 Å². The van der Waals surface area contributed by atoms with Crippen LogP contribution in [0.4, 0.5) is 17.6 Å². The van der Waals surface area contributed by atoms with Gasteiger partial charge >= 0.3 is 159 Å². The van der Waals surface area contributed by atoms with Gasteiger partial charge in [0.25, 0.3) is 0 Å². The zero-order valence-corrected chi connectivity index (χ0v) is 18.1. The zero-order valence-electron chi connectivity index (χ0n) is 15.6. The standard InChI is InChI=1S/C8H5F4O.3C3H7O.Zr/c1-3-5(9)7(11)4(2-13)8(12)6(3)10;3*1-2-3-4;/h2H2,1H3;3*2-3H2,1H3;/q4*-1;+4. The first kappa shape index (κ1) is 23.7. The van der Waals surface area contributed by atoms with Crippen LogP contribution in [0.1, 0.15) is 51.2 Å².